The van der Waals surface area contributed by atoms with Gasteiger partial charge in [-0.15, -0.1) is 10.2 Å². The van der Waals surface area contributed by atoms with Crippen molar-refractivity contribution in [3.05, 3.63) is 65.5 Å². The molecule has 0 saturated carbocycles. The number of thioether (sulfide) groups is 1. The lowest BCUT2D eigenvalue weighted by atomic mass is 10.1. The molecule has 0 radical (unpaired) electrons. The molecule has 0 fully saturated rings. The van der Waals surface area contributed by atoms with Crippen LogP contribution in [0, 0.1) is 13.8 Å². The highest BCUT2D eigenvalue weighted by Crippen LogP contribution is 2.30. The predicted molar refractivity (Wildman–Crippen MR) is 116 cm³/mol. The molecule has 7 nitrogen and oxygen atoms in total. The molecule has 0 aliphatic carbocycles. The number of rotatable bonds is 5. The lowest BCUT2D eigenvalue weighted by Crippen LogP contribution is -1.95. The third-order valence-corrected chi connectivity index (χ3v) is 5.89. The second-order valence-electron chi connectivity index (χ2n) is 7.05. The highest BCUT2D eigenvalue weighted by molar-refractivity contribution is 7.98. The van der Waals surface area contributed by atoms with Gasteiger partial charge in [0.1, 0.15) is 5.75 Å². The van der Waals surface area contributed by atoms with E-state index in [1.165, 1.54) is 17.3 Å². The molecule has 5 aromatic rings. The fraction of sp³-hybridized carbons (Fsp3) is 0.182. The van der Waals surface area contributed by atoms with Crippen molar-refractivity contribution in [2.24, 2.45) is 0 Å². The van der Waals surface area contributed by atoms with Crippen LogP contribution >= 0.6 is 11.8 Å². The summed E-state index contributed by atoms with van der Waals surface area (Å²) in [5, 5.41) is 14.7. The Morgan fingerprint density at radius 2 is 1.87 bits per heavy atom. The fourth-order valence-electron chi connectivity index (χ4n) is 3.38. The summed E-state index contributed by atoms with van der Waals surface area (Å²) in [5.41, 5.74) is 5.06. The van der Waals surface area contributed by atoms with Crippen LogP contribution in [-0.2, 0) is 5.75 Å². The molecule has 2 aromatic carbocycles. The van der Waals surface area contributed by atoms with Gasteiger partial charge in [-0.3, -0.25) is 4.40 Å². The molecule has 150 valence electrons. The zero-order valence-electron chi connectivity index (χ0n) is 16.8. The summed E-state index contributed by atoms with van der Waals surface area (Å²) in [6.07, 6.45) is 0. The Bertz CT molecular complexity index is 1360. The van der Waals surface area contributed by atoms with Crippen molar-refractivity contribution in [2.45, 2.75) is 24.8 Å². The van der Waals surface area contributed by atoms with Crippen LogP contribution in [0.4, 0.5) is 0 Å². The number of nitrogens with zero attached hydrogens (tertiary/aromatic N) is 5. The second-order valence-corrected chi connectivity index (χ2v) is 8.00. The maximum Gasteiger partial charge on any atom is 0.237 e. The van der Waals surface area contributed by atoms with Crippen molar-refractivity contribution < 1.29 is 9.26 Å². The van der Waals surface area contributed by atoms with Crippen molar-refractivity contribution in [3.63, 3.8) is 0 Å². The minimum atomic E-state index is 0.499. The standard InChI is InChI=1S/C22H19N5O2S/c1-13-4-6-15(7-5-13)21-23-20(29-26-21)12-30-22-25-24-19-10-14(2)17-9-8-16(28-3)11-18(17)27(19)22/h4-11H,12H2,1-3H3. The quantitative estimate of drug-likeness (QED) is 0.378. The third-order valence-electron chi connectivity index (χ3n) is 4.98. The second kappa shape index (κ2) is 7.46. The Morgan fingerprint density at radius 3 is 2.67 bits per heavy atom. The molecule has 0 bridgehead atoms. The zero-order valence-corrected chi connectivity index (χ0v) is 17.6. The summed E-state index contributed by atoms with van der Waals surface area (Å²) >= 11 is 1.51. The number of ether oxygens (including phenoxy) is 1. The summed E-state index contributed by atoms with van der Waals surface area (Å²) in [6, 6.07) is 16.1. The molecular formula is C22H19N5O2S. The molecular weight excluding hydrogens is 398 g/mol. The van der Waals surface area contributed by atoms with Crippen molar-refractivity contribution in [3.8, 4) is 17.1 Å². The summed E-state index contributed by atoms with van der Waals surface area (Å²) in [5.74, 6) is 2.42. The van der Waals surface area contributed by atoms with Crippen LogP contribution in [0.5, 0.6) is 5.75 Å². The van der Waals surface area contributed by atoms with Gasteiger partial charge in [0.2, 0.25) is 11.7 Å². The van der Waals surface area contributed by atoms with E-state index in [0.717, 1.165) is 38.6 Å². The van der Waals surface area contributed by atoms with Crippen molar-refractivity contribution in [1.29, 1.82) is 0 Å². The Kier molecular flexibility index (Phi) is 4.63. The van der Waals surface area contributed by atoms with E-state index in [1.54, 1.807) is 7.11 Å². The van der Waals surface area contributed by atoms with E-state index in [1.807, 2.05) is 53.8 Å². The molecule has 0 N–H and O–H groups in total. The third kappa shape index (κ3) is 3.29. The number of hydrogen-bond acceptors (Lipinski definition) is 7. The van der Waals surface area contributed by atoms with E-state index >= 15 is 0 Å². The van der Waals surface area contributed by atoms with Gasteiger partial charge >= 0.3 is 0 Å². The molecule has 0 unspecified atom stereocenters. The number of fused-ring (bicyclic) bond motifs is 3. The van der Waals surface area contributed by atoms with Gasteiger partial charge in [0.25, 0.3) is 0 Å². The Labute approximate surface area is 177 Å². The van der Waals surface area contributed by atoms with Crippen molar-refractivity contribution in [2.75, 3.05) is 7.11 Å². The normalized spacial score (nSPS) is 11.4. The van der Waals surface area contributed by atoms with Gasteiger partial charge in [-0.25, -0.2) is 0 Å². The number of benzene rings is 2. The van der Waals surface area contributed by atoms with Gasteiger partial charge in [-0.2, -0.15) is 4.98 Å². The molecule has 0 aliphatic heterocycles. The largest absolute Gasteiger partial charge is 0.497 e. The average molecular weight is 417 g/mol. The van der Waals surface area contributed by atoms with Crippen LogP contribution in [0.25, 0.3) is 27.9 Å². The van der Waals surface area contributed by atoms with E-state index in [9.17, 15) is 0 Å². The lowest BCUT2D eigenvalue weighted by molar-refractivity contribution is 0.391. The number of hydrogen-bond donors (Lipinski definition) is 0. The molecule has 30 heavy (non-hydrogen) atoms. The highest BCUT2D eigenvalue weighted by atomic mass is 32.2. The maximum absolute atomic E-state index is 5.44. The van der Waals surface area contributed by atoms with Crippen LogP contribution in [0.1, 0.15) is 17.0 Å². The van der Waals surface area contributed by atoms with Gasteiger partial charge in [0.05, 0.1) is 18.4 Å². The molecule has 0 spiro atoms. The van der Waals surface area contributed by atoms with Gasteiger partial charge in [0, 0.05) is 17.0 Å². The summed E-state index contributed by atoms with van der Waals surface area (Å²) in [6.45, 7) is 4.12. The fourth-order valence-corrected chi connectivity index (χ4v) is 4.17. The van der Waals surface area contributed by atoms with Crippen LogP contribution in [0.3, 0.4) is 0 Å². The van der Waals surface area contributed by atoms with E-state index in [0.29, 0.717) is 17.5 Å². The maximum atomic E-state index is 5.44. The first-order valence-electron chi connectivity index (χ1n) is 9.47. The van der Waals surface area contributed by atoms with E-state index in [4.69, 9.17) is 9.26 Å². The predicted octanol–water partition coefficient (Wildman–Crippen LogP) is 4.85. The minimum Gasteiger partial charge on any atom is -0.497 e. The van der Waals surface area contributed by atoms with Crippen molar-refractivity contribution in [1.82, 2.24) is 24.7 Å². The number of aryl methyl sites for hydroxylation is 2. The van der Waals surface area contributed by atoms with Crippen LogP contribution < -0.4 is 4.74 Å². The lowest BCUT2D eigenvalue weighted by Gasteiger charge is -2.09. The average Bonchev–Trinajstić information content (AvgIpc) is 3.39. The first kappa shape index (κ1) is 18.6. The molecule has 3 heterocycles. The van der Waals surface area contributed by atoms with E-state index < -0.39 is 0 Å². The summed E-state index contributed by atoms with van der Waals surface area (Å²) < 4.78 is 12.9. The van der Waals surface area contributed by atoms with Gasteiger partial charge < -0.3 is 9.26 Å². The van der Waals surface area contributed by atoms with Gasteiger partial charge in [-0.1, -0.05) is 46.7 Å². The molecule has 8 heteroatoms. The minimum absolute atomic E-state index is 0.499. The monoisotopic (exact) mass is 417 g/mol. The first-order valence-corrected chi connectivity index (χ1v) is 10.5. The first-order chi connectivity index (χ1) is 14.6. The van der Waals surface area contributed by atoms with Gasteiger partial charge in [-0.05, 0) is 37.6 Å². The number of aromatic nitrogens is 5. The molecule has 0 aliphatic rings. The van der Waals surface area contributed by atoms with Crippen LogP contribution in [0.2, 0.25) is 0 Å². The summed E-state index contributed by atoms with van der Waals surface area (Å²) in [7, 11) is 1.66. The molecule has 0 saturated heterocycles. The topological polar surface area (TPSA) is 78.3 Å². The van der Waals surface area contributed by atoms with E-state index in [2.05, 4.69) is 33.3 Å². The smallest absolute Gasteiger partial charge is 0.237 e. The number of pyridine rings is 1. The highest BCUT2D eigenvalue weighted by Gasteiger charge is 2.15. The zero-order chi connectivity index (χ0) is 20.7. The summed E-state index contributed by atoms with van der Waals surface area (Å²) in [4.78, 5) is 4.52. The van der Waals surface area contributed by atoms with E-state index in [-0.39, 0.29) is 0 Å². The molecule has 5 rings (SSSR count). The van der Waals surface area contributed by atoms with Gasteiger partial charge in [0.15, 0.2) is 10.8 Å². The molecule has 0 atom stereocenters. The molecule has 0 amide bonds. The van der Waals surface area contributed by atoms with Crippen LogP contribution in [0.15, 0.2) is 58.2 Å². The Morgan fingerprint density at radius 1 is 1.03 bits per heavy atom. The SMILES string of the molecule is COc1ccc2c(C)cc3nnc(SCc4nc(-c5ccc(C)cc5)no4)n3c2c1. The number of methoxy groups -OCH3 is 1. The van der Waals surface area contributed by atoms with Crippen molar-refractivity contribution >= 4 is 28.3 Å². The Hall–Kier alpha value is -3.39. The Balaban J connectivity index is 1.46. The molecule has 3 aromatic heterocycles. The van der Waals surface area contributed by atoms with Crippen LogP contribution in [-0.4, -0.2) is 31.8 Å².